The van der Waals surface area contributed by atoms with Gasteiger partial charge in [-0.15, -0.1) is 0 Å². The summed E-state index contributed by atoms with van der Waals surface area (Å²) in [6.07, 6.45) is 0.633. The van der Waals surface area contributed by atoms with Crippen molar-refractivity contribution >= 4 is 23.2 Å². The van der Waals surface area contributed by atoms with Gasteiger partial charge >= 0.3 is 6.18 Å². The molecule has 0 aromatic heterocycles. The fourth-order valence-electron chi connectivity index (χ4n) is 7.78. The predicted octanol–water partition coefficient (Wildman–Crippen LogP) is 5.41. The molecule has 4 aliphatic carbocycles. The van der Waals surface area contributed by atoms with E-state index in [9.17, 15) is 23.1 Å². The maximum absolute atomic E-state index is 14.2. The number of nitrogens with zero attached hydrogens (tertiary/aromatic N) is 2. The molecule has 5 aliphatic rings. The molecule has 1 heterocycles. The summed E-state index contributed by atoms with van der Waals surface area (Å²) in [5, 5.41) is 13.6. The summed E-state index contributed by atoms with van der Waals surface area (Å²) in [5.74, 6) is 0.373. The third-order valence-electron chi connectivity index (χ3n) is 8.83. The number of rotatable bonds is 5. The molecule has 7 rings (SSSR count). The van der Waals surface area contributed by atoms with E-state index in [1.807, 2.05) is 23.1 Å². The fourth-order valence-corrected chi connectivity index (χ4v) is 7.99. The number of nitrogens with one attached hydrogen (secondary N) is 1. The summed E-state index contributed by atoms with van der Waals surface area (Å²) in [5.41, 5.74) is 2.60. The van der Waals surface area contributed by atoms with Crippen LogP contribution in [0.25, 0.3) is 0 Å². The molecule has 3 unspecified atom stereocenters. The molecule has 2 aromatic carbocycles. The number of hydrogen-bond acceptors (Lipinski definition) is 4. The molecule has 0 radical (unpaired) electrons. The smallest absolute Gasteiger partial charge is 0.390 e. The van der Waals surface area contributed by atoms with Gasteiger partial charge in [0.25, 0.3) is 0 Å². The number of alkyl halides is 3. The molecule has 1 saturated heterocycles. The van der Waals surface area contributed by atoms with Crippen LogP contribution in [0, 0.1) is 17.8 Å². The zero-order valence-corrected chi connectivity index (χ0v) is 21.2. The number of benzene rings is 2. The van der Waals surface area contributed by atoms with E-state index in [0.29, 0.717) is 42.1 Å². The minimum atomic E-state index is -4.43. The molecule has 2 aromatic rings. The van der Waals surface area contributed by atoms with Crippen molar-refractivity contribution in [2.24, 2.45) is 17.8 Å². The number of carbonyl (C=O) groups excluding carboxylic acids is 1. The fraction of sp³-hybridized carbons (Fsp3) is 0.536. The lowest BCUT2D eigenvalue weighted by Crippen LogP contribution is -2.67. The van der Waals surface area contributed by atoms with E-state index in [4.69, 9.17) is 11.6 Å². The van der Waals surface area contributed by atoms with Crippen LogP contribution >= 0.6 is 11.6 Å². The number of anilines is 1. The molecule has 1 amide bonds. The lowest BCUT2D eigenvalue weighted by atomic mass is 9.50. The highest BCUT2D eigenvalue weighted by Gasteiger charge is 2.60. The van der Waals surface area contributed by atoms with E-state index in [-0.39, 0.29) is 12.5 Å². The molecule has 0 spiro atoms. The normalized spacial score (nSPS) is 32.7. The molecule has 2 N–H and O–H groups in total. The van der Waals surface area contributed by atoms with Gasteiger partial charge in [0.15, 0.2) is 0 Å². The van der Waals surface area contributed by atoms with Crippen LogP contribution in [0.3, 0.4) is 0 Å². The van der Waals surface area contributed by atoms with Gasteiger partial charge in [-0.05, 0) is 86.3 Å². The molecule has 9 heteroatoms. The summed E-state index contributed by atoms with van der Waals surface area (Å²) >= 11 is 6.27. The summed E-state index contributed by atoms with van der Waals surface area (Å²) in [7, 11) is 0. The summed E-state index contributed by atoms with van der Waals surface area (Å²) in [6, 6.07) is 12.7. The first-order valence-electron chi connectivity index (χ1n) is 13.0. The van der Waals surface area contributed by atoms with Crippen molar-refractivity contribution in [2.45, 2.75) is 62.4 Å². The highest BCUT2D eigenvalue weighted by Crippen LogP contribution is 2.60. The number of halogens is 4. The summed E-state index contributed by atoms with van der Waals surface area (Å²) in [4.78, 5) is 16.2. The van der Waals surface area contributed by atoms with Crippen molar-refractivity contribution in [2.75, 3.05) is 18.1 Å². The van der Waals surface area contributed by atoms with Gasteiger partial charge < -0.3 is 15.0 Å². The zero-order valence-electron chi connectivity index (χ0n) is 20.5. The molecule has 198 valence electrons. The van der Waals surface area contributed by atoms with Gasteiger partial charge in [-0.1, -0.05) is 29.8 Å². The Bertz CT molecular complexity index is 1190. The van der Waals surface area contributed by atoms with E-state index in [2.05, 4.69) is 5.43 Å². The monoisotopic (exact) mass is 533 g/mol. The molecule has 37 heavy (non-hydrogen) atoms. The van der Waals surface area contributed by atoms with Gasteiger partial charge in [0, 0.05) is 30.2 Å². The highest BCUT2D eigenvalue weighted by molar-refractivity contribution is 6.30. The minimum absolute atomic E-state index is 0.0208. The van der Waals surface area contributed by atoms with Crippen molar-refractivity contribution in [1.82, 2.24) is 10.3 Å². The Balaban J connectivity index is 1.28. The Morgan fingerprint density at radius 2 is 1.84 bits per heavy atom. The lowest BCUT2D eigenvalue weighted by molar-refractivity contribution is -0.186. The average Bonchev–Trinajstić information content (AvgIpc) is 3.31. The second-order valence-corrected chi connectivity index (χ2v) is 12.1. The van der Waals surface area contributed by atoms with Crippen LogP contribution in [0.2, 0.25) is 5.02 Å². The van der Waals surface area contributed by atoms with Crippen LogP contribution in [-0.2, 0) is 17.5 Å². The van der Waals surface area contributed by atoms with E-state index in [1.54, 1.807) is 17.1 Å². The number of carbonyl (C=O) groups is 1. The van der Waals surface area contributed by atoms with Crippen molar-refractivity contribution in [1.29, 1.82) is 0 Å². The van der Waals surface area contributed by atoms with Crippen LogP contribution in [0.5, 0.6) is 0 Å². The topological polar surface area (TPSA) is 55.8 Å². The third kappa shape index (κ3) is 4.72. The number of hydrazine groups is 1. The van der Waals surface area contributed by atoms with Gasteiger partial charge in [-0.3, -0.25) is 4.79 Å². The highest BCUT2D eigenvalue weighted by atomic mass is 35.5. The van der Waals surface area contributed by atoms with Crippen LogP contribution in [0.4, 0.5) is 18.9 Å². The van der Waals surface area contributed by atoms with E-state index >= 15 is 0 Å². The van der Waals surface area contributed by atoms with Gasteiger partial charge in [0.2, 0.25) is 5.91 Å². The Morgan fingerprint density at radius 1 is 1.11 bits per heavy atom. The van der Waals surface area contributed by atoms with Crippen LogP contribution in [-0.4, -0.2) is 40.1 Å². The lowest BCUT2D eigenvalue weighted by Gasteiger charge is -2.63. The van der Waals surface area contributed by atoms with E-state index < -0.39 is 28.8 Å². The Morgan fingerprint density at radius 3 is 2.51 bits per heavy atom. The van der Waals surface area contributed by atoms with Gasteiger partial charge in [-0.2, -0.15) is 13.2 Å². The Labute approximate surface area is 219 Å². The van der Waals surface area contributed by atoms with Crippen molar-refractivity contribution < 1.29 is 23.1 Å². The van der Waals surface area contributed by atoms with Crippen LogP contribution < -0.4 is 10.4 Å². The van der Waals surface area contributed by atoms with E-state index in [0.717, 1.165) is 49.8 Å². The van der Waals surface area contributed by atoms with Gasteiger partial charge in [0.1, 0.15) is 0 Å². The zero-order chi connectivity index (χ0) is 26.0. The molecule has 4 saturated carbocycles. The first-order valence-corrected chi connectivity index (χ1v) is 13.4. The SMILES string of the molecule is O=C(C1CNN(c2cccc(C(F)(F)F)c2)C1)N(Cc1cccc(Cl)c1)C12CC3CC(CC(O)(C3)C1)C2. The average molecular weight is 534 g/mol. The first-order chi connectivity index (χ1) is 17.5. The van der Waals surface area contributed by atoms with Crippen molar-refractivity contribution in [3.05, 3.63) is 64.7 Å². The number of amides is 1. The quantitative estimate of drug-likeness (QED) is 0.539. The molecule has 1 aliphatic heterocycles. The van der Waals surface area contributed by atoms with Crippen molar-refractivity contribution in [3.63, 3.8) is 0 Å². The maximum atomic E-state index is 14.2. The molecule has 4 bridgehead atoms. The third-order valence-corrected chi connectivity index (χ3v) is 9.07. The maximum Gasteiger partial charge on any atom is 0.416 e. The number of hydrogen-bond donors (Lipinski definition) is 2. The van der Waals surface area contributed by atoms with Crippen molar-refractivity contribution in [3.8, 4) is 0 Å². The second kappa shape index (κ2) is 8.89. The molecule has 3 atom stereocenters. The van der Waals surface area contributed by atoms with Crippen LogP contribution in [0.1, 0.15) is 49.7 Å². The summed E-state index contributed by atoms with van der Waals surface area (Å²) < 4.78 is 39.8. The second-order valence-electron chi connectivity index (χ2n) is 11.7. The standard InChI is InChI=1S/C28H31ClF3N3O2/c29-23-5-1-3-18(8-23)15-34(26-10-19-7-20(11-26)13-27(37,12-19)17-26)25(36)21-14-33-35(16-21)24-6-2-4-22(9-24)28(30,31)32/h1-6,8-9,19-21,33,37H,7,10-17H2. The van der Waals surface area contributed by atoms with Crippen LogP contribution in [0.15, 0.2) is 48.5 Å². The minimum Gasteiger partial charge on any atom is -0.390 e. The molecule has 5 fully saturated rings. The van der Waals surface area contributed by atoms with Gasteiger partial charge in [-0.25, -0.2) is 5.43 Å². The Hall–Kier alpha value is -2.29. The predicted molar refractivity (Wildman–Crippen MR) is 135 cm³/mol. The number of aliphatic hydroxyl groups is 1. The first kappa shape index (κ1) is 25.0. The molecular formula is C28H31ClF3N3O2. The largest absolute Gasteiger partial charge is 0.416 e. The van der Waals surface area contributed by atoms with E-state index in [1.165, 1.54) is 6.07 Å². The summed E-state index contributed by atoms with van der Waals surface area (Å²) in [6.45, 7) is 1.02. The molecule has 5 nitrogen and oxygen atoms in total. The van der Waals surface area contributed by atoms with Gasteiger partial charge in [0.05, 0.1) is 22.8 Å². The Kier molecular flexibility index (Phi) is 6.01. The molecular weight excluding hydrogens is 503 g/mol.